The zero-order valence-corrected chi connectivity index (χ0v) is 24.1. The molecule has 2 aromatic heterocycles. The van der Waals surface area contributed by atoms with Crippen molar-refractivity contribution in [1.29, 1.82) is 0 Å². The number of hydrogen-bond donors (Lipinski definition) is 2. The Kier molecular flexibility index (Phi) is 6.64. The lowest BCUT2D eigenvalue weighted by molar-refractivity contribution is 0.417. The van der Waals surface area contributed by atoms with Gasteiger partial charge in [-0.15, -0.1) is 0 Å². The van der Waals surface area contributed by atoms with E-state index in [1.807, 2.05) is 30.3 Å². The van der Waals surface area contributed by atoms with Gasteiger partial charge in [-0.05, 0) is 66.1 Å². The van der Waals surface area contributed by atoms with Gasteiger partial charge in [-0.3, -0.25) is 0 Å². The maximum Gasteiger partial charge on any atom is 0.224 e. The maximum absolute atomic E-state index is 6.23. The highest BCUT2D eigenvalue weighted by Crippen LogP contribution is 2.44. The second-order valence-electron chi connectivity index (χ2n) is 11.1. The number of aryl methyl sites for hydroxylation is 4. The first-order valence-corrected chi connectivity index (χ1v) is 15.0. The Bertz CT molecular complexity index is 1990. The Morgan fingerprint density at radius 2 is 1.07 bits per heavy atom. The van der Waals surface area contributed by atoms with E-state index >= 15 is 0 Å². The van der Waals surface area contributed by atoms with Crippen LogP contribution >= 0.6 is 0 Å². The van der Waals surface area contributed by atoms with Crippen LogP contribution in [0.2, 0.25) is 0 Å². The molecule has 0 spiro atoms. The molecule has 214 valence electrons. The van der Waals surface area contributed by atoms with Crippen LogP contribution < -0.4 is 20.1 Å². The molecular weight excluding hydrogens is 544 g/mol. The third-order valence-corrected chi connectivity index (χ3v) is 8.30. The van der Waals surface area contributed by atoms with Crippen molar-refractivity contribution in [2.45, 2.75) is 25.7 Å². The van der Waals surface area contributed by atoms with Crippen LogP contribution in [0.1, 0.15) is 22.3 Å². The molecule has 0 aliphatic carbocycles. The number of para-hydroxylation sites is 3. The fraction of sp³-hybridized carbons (Fsp3) is 0.105. The zero-order chi connectivity index (χ0) is 29.3. The summed E-state index contributed by atoms with van der Waals surface area (Å²) < 4.78 is 12.0. The number of benzene rings is 4. The smallest absolute Gasteiger partial charge is 0.224 e. The van der Waals surface area contributed by atoms with Crippen LogP contribution in [-0.2, 0) is 25.7 Å². The number of fused-ring (bicyclic) bond motifs is 4. The van der Waals surface area contributed by atoms with Crippen molar-refractivity contribution < 1.29 is 9.47 Å². The standard InChI is InChI=1S/C38H30N4O2/c1-2-13-32-25(8-1)17-19-27-9-5-11-30(37(27)40-32)31-12-6-10-28-20-18-26-21-22-29(24-33(26)41-38(28)31)43-35-15-7-16-36(42-35)44-34-14-3-4-23-39-34/h1-16,21-24,40-41H,17-20H2. The first-order chi connectivity index (χ1) is 21.8. The van der Waals surface area contributed by atoms with Crippen LogP contribution in [0.5, 0.6) is 23.4 Å². The molecule has 8 rings (SSSR count). The van der Waals surface area contributed by atoms with Gasteiger partial charge in [0.15, 0.2) is 0 Å². The summed E-state index contributed by atoms with van der Waals surface area (Å²) in [6, 6.07) is 39.1. The molecule has 4 heterocycles. The van der Waals surface area contributed by atoms with Gasteiger partial charge in [0.1, 0.15) is 5.75 Å². The highest BCUT2D eigenvalue weighted by molar-refractivity contribution is 5.93. The number of ether oxygens (including phenoxy) is 2. The zero-order valence-electron chi connectivity index (χ0n) is 24.1. The quantitative estimate of drug-likeness (QED) is 0.214. The number of pyridine rings is 2. The largest absolute Gasteiger partial charge is 0.439 e. The van der Waals surface area contributed by atoms with E-state index in [1.54, 1.807) is 18.3 Å². The molecule has 0 saturated heterocycles. The van der Waals surface area contributed by atoms with Crippen LogP contribution in [0.3, 0.4) is 0 Å². The van der Waals surface area contributed by atoms with Gasteiger partial charge in [-0.25, -0.2) is 4.98 Å². The molecule has 2 aliphatic rings. The van der Waals surface area contributed by atoms with E-state index < -0.39 is 0 Å². The summed E-state index contributed by atoms with van der Waals surface area (Å²) in [6.45, 7) is 0. The Labute approximate surface area is 256 Å². The molecule has 0 amide bonds. The Morgan fingerprint density at radius 1 is 0.477 bits per heavy atom. The van der Waals surface area contributed by atoms with Gasteiger partial charge < -0.3 is 20.1 Å². The van der Waals surface area contributed by atoms with Crippen molar-refractivity contribution in [1.82, 2.24) is 9.97 Å². The average molecular weight is 575 g/mol. The van der Waals surface area contributed by atoms with E-state index in [-0.39, 0.29) is 0 Å². The highest BCUT2D eigenvalue weighted by atomic mass is 16.5. The maximum atomic E-state index is 6.23. The fourth-order valence-corrected chi connectivity index (χ4v) is 6.13. The van der Waals surface area contributed by atoms with Gasteiger partial charge in [0.2, 0.25) is 17.6 Å². The van der Waals surface area contributed by atoms with E-state index in [0.717, 1.165) is 37.1 Å². The number of nitrogens with one attached hydrogen (secondary N) is 2. The van der Waals surface area contributed by atoms with Crippen LogP contribution in [-0.4, -0.2) is 9.97 Å². The molecule has 0 atom stereocenters. The van der Waals surface area contributed by atoms with E-state index in [0.29, 0.717) is 23.4 Å². The molecular formula is C38H30N4O2. The number of rotatable bonds is 5. The molecule has 0 saturated carbocycles. The third kappa shape index (κ3) is 5.11. The summed E-state index contributed by atoms with van der Waals surface area (Å²) in [7, 11) is 0. The minimum absolute atomic E-state index is 0.422. The van der Waals surface area contributed by atoms with Gasteiger partial charge in [-0.2, -0.15) is 4.98 Å². The number of aromatic nitrogens is 2. The first kappa shape index (κ1) is 26.0. The summed E-state index contributed by atoms with van der Waals surface area (Å²) in [5.41, 5.74) is 12.2. The topological polar surface area (TPSA) is 68.3 Å². The van der Waals surface area contributed by atoms with Crippen LogP contribution in [0.25, 0.3) is 11.1 Å². The van der Waals surface area contributed by atoms with Gasteiger partial charge in [0.25, 0.3) is 0 Å². The highest BCUT2D eigenvalue weighted by Gasteiger charge is 2.22. The SMILES string of the molecule is c1ccc(Oc2cccc(Oc3ccc4c(c3)Nc3c(cccc3-c3cccc5c3Nc3ccccc3CC5)CC4)n2)nc1. The van der Waals surface area contributed by atoms with Gasteiger partial charge in [0.05, 0.1) is 0 Å². The first-order valence-electron chi connectivity index (χ1n) is 15.0. The molecule has 6 aromatic rings. The number of hydrogen-bond acceptors (Lipinski definition) is 6. The van der Waals surface area contributed by atoms with Gasteiger partial charge in [-0.1, -0.05) is 72.8 Å². The van der Waals surface area contributed by atoms with Crippen molar-refractivity contribution in [3.8, 4) is 34.5 Å². The van der Waals surface area contributed by atoms with E-state index in [1.165, 1.54) is 44.8 Å². The molecule has 0 bridgehead atoms. The van der Waals surface area contributed by atoms with Crippen LogP contribution in [0.4, 0.5) is 22.7 Å². The monoisotopic (exact) mass is 574 g/mol. The second kappa shape index (κ2) is 11.2. The van der Waals surface area contributed by atoms with Crippen molar-refractivity contribution in [3.05, 3.63) is 144 Å². The predicted molar refractivity (Wildman–Crippen MR) is 175 cm³/mol. The van der Waals surface area contributed by atoms with E-state index in [9.17, 15) is 0 Å². The summed E-state index contributed by atoms with van der Waals surface area (Å²) in [5, 5.41) is 7.62. The Balaban J connectivity index is 1.11. The van der Waals surface area contributed by atoms with Crippen molar-refractivity contribution >= 4 is 22.7 Å². The van der Waals surface area contributed by atoms with Crippen molar-refractivity contribution in [2.75, 3.05) is 10.6 Å². The fourth-order valence-electron chi connectivity index (χ4n) is 6.13. The molecule has 2 N–H and O–H groups in total. The average Bonchev–Trinajstić information content (AvgIpc) is 3.37. The Hall–Kier alpha value is -5.62. The Morgan fingerprint density at radius 3 is 1.82 bits per heavy atom. The minimum Gasteiger partial charge on any atom is -0.439 e. The molecule has 0 fully saturated rings. The van der Waals surface area contributed by atoms with Crippen LogP contribution in [0.15, 0.2) is 121 Å². The normalized spacial score (nSPS) is 13.0. The lowest BCUT2D eigenvalue weighted by Gasteiger charge is -2.20. The predicted octanol–water partition coefficient (Wildman–Crippen LogP) is 9.41. The number of anilines is 4. The molecule has 6 heteroatoms. The summed E-state index contributed by atoms with van der Waals surface area (Å²) in [6.07, 6.45) is 5.59. The van der Waals surface area contributed by atoms with Gasteiger partial charge in [0, 0.05) is 64.3 Å². The molecule has 2 aliphatic heterocycles. The minimum atomic E-state index is 0.422. The molecule has 6 nitrogen and oxygen atoms in total. The van der Waals surface area contributed by atoms with Gasteiger partial charge >= 0.3 is 0 Å². The molecule has 0 unspecified atom stereocenters. The van der Waals surface area contributed by atoms with Crippen molar-refractivity contribution in [3.63, 3.8) is 0 Å². The summed E-state index contributed by atoms with van der Waals surface area (Å²) >= 11 is 0. The summed E-state index contributed by atoms with van der Waals surface area (Å²) in [4.78, 5) is 8.75. The van der Waals surface area contributed by atoms with Crippen molar-refractivity contribution in [2.24, 2.45) is 0 Å². The molecule has 44 heavy (non-hydrogen) atoms. The molecule has 0 radical (unpaired) electrons. The summed E-state index contributed by atoms with van der Waals surface area (Å²) in [5.74, 6) is 2.05. The lowest BCUT2D eigenvalue weighted by Crippen LogP contribution is -2.01. The second-order valence-corrected chi connectivity index (χ2v) is 11.1. The van der Waals surface area contributed by atoms with Crippen LogP contribution in [0, 0.1) is 0 Å². The third-order valence-electron chi connectivity index (χ3n) is 8.30. The number of nitrogens with zero attached hydrogens (tertiary/aromatic N) is 2. The van der Waals surface area contributed by atoms with E-state index in [2.05, 4.69) is 93.4 Å². The lowest BCUT2D eigenvalue weighted by atomic mass is 9.94. The van der Waals surface area contributed by atoms with E-state index in [4.69, 9.17) is 9.47 Å². The molecule has 4 aromatic carbocycles.